The molecule has 1 atom stereocenters. The number of carboxylic acids is 1. The standard InChI is InChI=1S/C15H16N2O4/c1-9-3-4-11-10(16-9)7-12(21-11)13(18)17-6-5-15(2,8-17)14(19)20/h3-4,7H,5-6,8H2,1-2H3,(H,19,20)/t15-/m1/s1. The predicted molar refractivity (Wildman–Crippen MR) is 75.0 cm³/mol. The molecular formula is C15H16N2O4. The Morgan fingerprint density at radius 1 is 1.43 bits per heavy atom. The zero-order chi connectivity index (χ0) is 15.2. The zero-order valence-corrected chi connectivity index (χ0v) is 11.9. The first-order chi connectivity index (χ1) is 9.89. The molecule has 3 heterocycles. The molecule has 0 saturated carbocycles. The first kappa shape index (κ1) is 13.6. The van der Waals surface area contributed by atoms with E-state index in [0.29, 0.717) is 24.1 Å². The van der Waals surface area contributed by atoms with Crippen LogP contribution >= 0.6 is 0 Å². The van der Waals surface area contributed by atoms with Crippen molar-refractivity contribution >= 4 is 23.0 Å². The van der Waals surface area contributed by atoms with E-state index in [9.17, 15) is 14.7 Å². The summed E-state index contributed by atoms with van der Waals surface area (Å²) < 4.78 is 5.52. The van der Waals surface area contributed by atoms with E-state index >= 15 is 0 Å². The number of hydrogen-bond acceptors (Lipinski definition) is 4. The molecule has 1 amide bonds. The van der Waals surface area contributed by atoms with Gasteiger partial charge in [-0.1, -0.05) is 0 Å². The lowest BCUT2D eigenvalue weighted by Gasteiger charge is -2.19. The van der Waals surface area contributed by atoms with Gasteiger partial charge < -0.3 is 14.4 Å². The van der Waals surface area contributed by atoms with Gasteiger partial charge in [-0.05, 0) is 32.4 Å². The molecular weight excluding hydrogens is 272 g/mol. The highest BCUT2D eigenvalue weighted by atomic mass is 16.4. The molecule has 6 heteroatoms. The number of amides is 1. The summed E-state index contributed by atoms with van der Waals surface area (Å²) in [5.41, 5.74) is 1.17. The van der Waals surface area contributed by atoms with Crippen LogP contribution in [0.4, 0.5) is 0 Å². The Morgan fingerprint density at radius 3 is 2.86 bits per heavy atom. The topological polar surface area (TPSA) is 83.6 Å². The molecule has 3 rings (SSSR count). The number of aryl methyl sites for hydroxylation is 1. The van der Waals surface area contributed by atoms with E-state index in [4.69, 9.17) is 4.42 Å². The van der Waals surface area contributed by atoms with Crippen LogP contribution < -0.4 is 0 Å². The smallest absolute Gasteiger partial charge is 0.311 e. The second-order valence-electron chi connectivity index (χ2n) is 5.79. The highest BCUT2D eigenvalue weighted by Crippen LogP contribution is 2.31. The Bertz CT molecular complexity index is 736. The fourth-order valence-corrected chi connectivity index (χ4v) is 2.60. The normalized spacial score (nSPS) is 21.9. The van der Waals surface area contributed by atoms with Gasteiger partial charge in [0, 0.05) is 24.8 Å². The number of carbonyl (C=O) groups excluding carboxylic acids is 1. The van der Waals surface area contributed by atoms with Crippen molar-refractivity contribution in [3.63, 3.8) is 0 Å². The van der Waals surface area contributed by atoms with E-state index in [0.717, 1.165) is 5.69 Å². The van der Waals surface area contributed by atoms with E-state index in [1.54, 1.807) is 19.1 Å². The van der Waals surface area contributed by atoms with Crippen molar-refractivity contribution in [2.45, 2.75) is 20.3 Å². The average molecular weight is 288 g/mol. The van der Waals surface area contributed by atoms with Crippen LogP contribution in [0.1, 0.15) is 29.6 Å². The number of furan rings is 1. The quantitative estimate of drug-likeness (QED) is 0.914. The van der Waals surface area contributed by atoms with Crippen LogP contribution in [-0.4, -0.2) is 40.0 Å². The minimum absolute atomic E-state index is 0.199. The third kappa shape index (κ3) is 2.26. The first-order valence-electron chi connectivity index (χ1n) is 6.79. The molecule has 1 fully saturated rings. The van der Waals surface area contributed by atoms with Crippen molar-refractivity contribution < 1.29 is 19.1 Å². The van der Waals surface area contributed by atoms with Gasteiger partial charge in [0.25, 0.3) is 5.91 Å². The summed E-state index contributed by atoms with van der Waals surface area (Å²) in [5.74, 6) is -0.951. The van der Waals surface area contributed by atoms with Gasteiger partial charge in [-0.25, -0.2) is 4.98 Å². The molecule has 0 aromatic carbocycles. The summed E-state index contributed by atoms with van der Waals surface area (Å²) in [6.07, 6.45) is 0.450. The summed E-state index contributed by atoms with van der Waals surface area (Å²) >= 11 is 0. The molecule has 6 nitrogen and oxygen atoms in total. The SMILES string of the molecule is Cc1ccc2oc(C(=O)N3CC[C@@](C)(C(=O)O)C3)cc2n1. The number of pyridine rings is 1. The molecule has 1 aliphatic rings. The predicted octanol–water partition coefficient (Wildman–Crippen LogP) is 2.07. The Hall–Kier alpha value is -2.37. The molecule has 0 aliphatic carbocycles. The van der Waals surface area contributed by atoms with Gasteiger partial charge in [-0.15, -0.1) is 0 Å². The minimum Gasteiger partial charge on any atom is -0.481 e. The largest absolute Gasteiger partial charge is 0.481 e. The number of likely N-dealkylation sites (tertiary alicyclic amines) is 1. The maximum Gasteiger partial charge on any atom is 0.311 e. The van der Waals surface area contributed by atoms with Gasteiger partial charge in [0.15, 0.2) is 11.3 Å². The molecule has 0 bridgehead atoms. The van der Waals surface area contributed by atoms with E-state index in [2.05, 4.69) is 4.98 Å². The van der Waals surface area contributed by atoms with Crippen LogP contribution in [0.2, 0.25) is 0 Å². The number of carboxylic acid groups (broad SMARTS) is 1. The highest BCUT2D eigenvalue weighted by Gasteiger charge is 2.42. The number of carbonyl (C=O) groups is 2. The van der Waals surface area contributed by atoms with Gasteiger partial charge >= 0.3 is 5.97 Å². The number of aromatic nitrogens is 1. The summed E-state index contributed by atoms with van der Waals surface area (Å²) in [4.78, 5) is 29.5. The second-order valence-corrected chi connectivity index (χ2v) is 5.79. The molecule has 2 aromatic rings. The minimum atomic E-state index is -0.878. The number of rotatable bonds is 2. The Labute approximate surface area is 121 Å². The molecule has 0 spiro atoms. The first-order valence-corrected chi connectivity index (χ1v) is 6.79. The van der Waals surface area contributed by atoms with E-state index < -0.39 is 11.4 Å². The molecule has 2 aromatic heterocycles. The number of aliphatic carboxylic acids is 1. The van der Waals surface area contributed by atoms with Gasteiger partial charge in [0.05, 0.1) is 5.41 Å². The van der Waals surface area contributed by atoms with E-state index in [1.807, 2.05) is 13.0 Å². The molecule has 21 heavy (non-hydrogen) atoms. The van der Waals surface area contributed by atoms with Crippen LogP contribution in [-0.2, 0) is 4.79 Å². The maximum atomic E-state index is 12.4. The Kier molecular flexibility index (Phi) is 2.97. The molecule has 1 N–H and O–H groups in total. The Balaban J connectivity index is 1.86. The maximum absolute atomic E-state index is 12.4. The van der Waals surface area contributed by atoms with Crippen LogP contribution in [0.15, 0.2) is 22.6 Å². The monoisotopic (exact) mass is 288 g/mol. The molecule has 1 saturated heterocycles. The van der Waals surface area contributed by atoms with Gasteiger partial charge in [-0.2, -0.15) is 0 Å². The van der Waals surface area contributed by atoms with Crippen molar-refractivity contribution in [1.29, 1.82) is 0 Å². The van der Waals surface area contributed by atoms with Crippen LogP contribution in [0.3, 0.4) is 0 Å². The summed E-state index contributed by atoms with van der Waals surface area (Å²) in [6, 6.07) is 5.21. The summed E-state index contributed by atoms with van der Waals surface area (Å²) in [6.45, 7) is 4.15. The van der Waals surface area contributed by atoms with Crippen molar-refractivity contribution in [2.75, 3.05) is 13.1 Å². The lowest BCUT2D eigenvalue weighted by Crippen LogP contribution is -2.34. The van der Waals surface area contributed by atoms with Gasteiger partial charge in [-0.3, -0.25) is 9.59 Å². The van der Waals surface area contributed by atoms with Crippen molar-refractivity contribution in [3.8, 4) is 0 Å². The fourth-order valence-electron chi connectivity index (χ4n) is 2.60. The van der Waals surface area contributed by atoms with Crippen molar-refractivity contribution in [2.24, 2.45) is 5.41 Å². The van der Waals surface area contributed by atoms with Crippen LogP contribution in [0.5, 0.6) is 0 Å². The number of nitrogens with zero attached hydrogens (tertiary/aromatic N) is 2. The number of fused-ring (bicyclic) bond motifs is 1. The Morgan fingerprint density at radius 2 is 2.19 bits per heavy atom. The zero-order valence-electron chi connectivity index (χ0n) is 11.9. The highest BCUT2D eigenvalue weighted by molar-refractivity contribution is 5.96. The van der Waals surface area contributed by atoms with Gasteiger partial charge in [0.2, 0.25) is 0 Å². The van der Waals surface area contributed by atoms with Crippen molar-refractivity contribution in [1.82, 2.24) is 9.88 Å². The third-order valence-corrected chi connectivity index (χ3v) is 4.00. The van der Waals surface area contributed by atoms with E-state index in [1.165, 1.54) is 4.90 Å². The summed E-state index contributed by atoms with van der Waals surface area (Å²) in [7, 11) is 0. The van der Waals surface area contributed by atoms with E-state index in [-0.39, 0.29) is 18.2 Å². The second kappa shape index (κ2) is 4.58. The van der Waals surface area contributed by atoms with Crippen molar-refractivity contribution in [3.05, 3.63) is 29.7 Å². The summed E-state index contributed by atoms with van der Waals surface area (Å²) in [5, 5.41) is 9.22. The van der Waals surface area contributed by atoms with Crippen LogP contribution in [0.25, 0.3) is 11.1 Å². The molecule has 0 radical (unpaired) electrons. The lowest BCUT2D eigenvalue weighted by molar-refractivity contribution is -0.147. The third-order valence-electron chi connectivity index (χ3n) is 4.00. The molecule has 0 unspecified atom stereocenters. The van der Waals surface area contributed by atoms with Crippen LogP contribution in [0, 0.1) is 12.3 Å². The lowest BCUT2D eigenvalue weighted by atomic mass is 9.90. The average Bonchev–Trinajstić information content (AvgIpc) is 3.02. The molecule has 1 aliphatic heterocycles. The molecule has 110 valence electrons. The fraction of sp³-hybridized carbons (Fsp3) is 0.400. The number of hydrogen-bond donors (Lipinski definition) is 1. The van der Waals surface area contributed by atoms with Gasteiger partial charge in [0.1, 0.15) is 5.52 Å².